The second-order valence-electron chi connectivity index (χ2n) is 8.78. The van der Waals surface area contributed by atoms with E-state index < -0.39 is 0 Å². The standard InChI is InChI=1S/C23H36N2O2/c1-15(2)19-9-11-20(12-10-19)24-22(26)13-16(3)14-23(27)25-21-8-6-7-17(4)18(21)5/h9-12,15-18,21H,6-8,13-14H2,1-5H3,(H,24,26)(H,25,27)/t16-,17+,18+,21-/m0/s1. The normalized spacial score (nSPS) is 23.7. The fraction of sp³-hybridized carbons (Fsp3) is 0.652. The molecule has 1 fully saturated rings. The Hall–Kier alpha value is -1.84. The minimum Gasteiger partial charge on any atom is -0.353 e. The van der Waals surface area contributed by atoms with Crippen LogP contribution in [0.25, 0.3) is 0 Å². The first-order valence-electron chi connectivity index (χ1n) is 10.5. The molecule has 4 atom stereocenters. The molecule has 1 saturated carbocycles. The van der Waals surface area contributed by atoms with Gasteiger partial charge in [0.05, 0.1) is 0 Å². The SMILES string of the molecule is CC(C)c1ccc(NC(=O)C[C@H](C)CC(=O)N[C@H]2CCC[C@@H](C)[C@H]2C)cc1. The average Bonchev–Trinajstić information content (AvgIpc) is 2.59. The Labute approximate surface area is 164 Å². The molecule has 0 saturated heterocycles. The molecule has 0 radical (unpaired) electrons. The molecule has 1 aromatic carbocycles. The molecule has 150 valence electrons. The van der Waals surface area contributed by atoms with Crippen molar-refractivity contribution < 1.29 is 9.59 Å². The highest BCUT2D eigenvalue weighted by Gasteiger charge is 2.28. The first kappa shape index (κ1) is 21.5. The second-order valence-corrected chi connectivity index (χ2v) is 8.78. The van der Waals surface area contributed by atoms with Crippen molar-refractivity contribution in [1.29, 1.82) is 0 Å². The highest BCUT2D eigenvalue weighted by Crippen LogP contribution is 2.29. The van der Waals surface area contributed by atoms with E-state index in [2.05, 4.69) is 38.3 Å². The van der Waals surface area contributed by atoms with Crippen LogP contribution in [-0.4, -0.2) is 17.9 Å². The monoisotopic (exact) mass is 372 g/mol. The summed E-state index contributed by atoms with van der Waals surface area (Å²) in [6.07, 6.45) is 4.26. The summed E-state index contributed by atoms with van der Waals surface area (Å²) in [6, 6.07) is 8.25. The van der Waals surface area contributed by atoms with Crippen LogP contribution in [0, 0.1) is 17.8 Å². The van der Waals surface area contributed by atoms with Gasteiger partial charge in [-0.15, -0.1) is 0 Å². The van der Waals surface area contributed by atoms with Gasteiger partial charge >= 0.3 is 0 Å². The molecular formula is C23H36N2O2. The van der Waals surface area contributed by atoms with Gasteiger partial charge in [0.15, 0.2) is 0 Å². The van der Waals surface area contributed by atoms with E-state index in [9.17, 15) is 9.59 Å². The van der Waals surface area contributed by atoms with Crippen LogP contribution in [0.2, 0.25) is 0 Å². The molecule has 2 rings (SSSR count). The lowest BCUT2D eigenvalue weighted by Gasteiger charge is -2.34. The zero-order valence-electron chi connectivity index (χ0n) is 17.5. The van der Waals surface area contributed by atoms with Gasteiger partial charge in [-0.25, -0.2) is 0 Å². The quantitative estimate of drug-likeness (QED) is 0.699. The maximum Gasteiger partial charge on any atom is 0.224 e. The van der Waals surface area contributed by atoms with E-state index in [0.29, 0.717) is 30.6 Å². The van der Waals surface area contributed by atoms with Gasteiger partial charge in [-0.3, -0.25) is 9.59 Å². The fourth-order valence-corrected chi connectivity index (χ4v) is 3.92. The molecule has 1 aliphatic rings. The molecule has 2 N–H and O–H groups in total. The van der Waals surface area contributed by atoms with Crippen molar-refractivity contribution in [3.63, 3.8) is 0 Å². The molecular weight excluding hydrogens is 336 g/mol. The Bertz CT molecular complexity index is 624. The second kappa shape index (κ2) is 9.91. The number of rotatable bonds is 7. The van der Waals surface area contributed by atoms with Crippen LogP contribution < -0.4 is 10.6 Å². The van der Waals surface area contributed by atoms with E-state index in [0.717, 1.165) is 12.1 Å². The first-order valence-corrected chi connectivity index (χ1v) is 10.5. The van der Waals surface area contributed by atoms with Crippen LogP contribution in [0.4, 0.5) is 5.69 Å². The van der Waals surface area contributed by atoms with Gasteiger partial charge < -0.3 is 10.6 Å². The number of amides is 2. The molecule has 1 aliphatic carbocycles. The molecule has 0 aliphatic heterocycles. The Kier molecular flexibility index (Phi) is 7.88. The van der Waals surface area contributed by atoms with Gasteiger partial charge in [0.2, 0.25) is 11.8 Å². The number of anilines is 1. The Morgan fingerprint density at radius 3 is 2.26 bits per heavy atom. The third-order valence-electron chi connectivity index (χ3n) is 5.98. The van der Waals surface area contributed by atoms with Crippen molar-refractivity contribution in [2.75, 3.05) is 5.32 Å². The lowest BCUT2D eigenvalue weighted by Crippen LogP contribution is -2.44. The van der Waals surface area contributed by atoms with Gasteiger partial charge in [0.25, 0.3) is 0 Å². The van der Waals surface area contributed by atoms with E-state index in [1.54, 1.807) is 0 Å². The highest BCUT2D eigenvalue weighted by molar-refractivity contribution is 5.91. The first-order chi connectivity index (χ1) is 12.8. The minimum absolute atomic E-state index is 0.0243. The van der Waals surface area contributed by atoms with Gasteiger partial charge in [-0.1, -0.05) is 59.6 Å². The Balaban J connectivity index is 1.76. The van der Waals surface area contributed by atoms with Crippen LogP contribution in [0.15, 0.2) is 24.3 Å². The van der Waals surface area contributed by atoms with Crippen LogP contribution >= 0.6 is 0 Å². The molecule has 0 heterocycles. The van der Waals surface area contributed by atoms with E-state index in [4.69, 9.17) is 0 Å². The summed E-state index contributed by atoms with van der Waals surface area (Å²) in [5.41, 5.74) is 2.07. The summed E-state index contributed by atoms with van der Waals surface area (Å²) >= 11 is 0. The highest BCUT2D eigenvalue weighted by atomic mass is 16.2. The number of carbonyl (C=O) groups excluding carboxylic acids is 2. The van der Waals surface area contributed by atoms with Crippen molar-refractivity contribution in [2.45, 2.75) is 78.7 Å². The third-order valence-corrected chi connectivity index (χ3v) is 5.98. The number of benzene rings is 1. The molecule has 0 aromatic heterocycles. The van der Waals surface area contributed by atoms with Gasteiger partial charge in [0.1, 0.15) is 0 Å². The summed E-state index contributed by atoms with van der Waals surface area (Å²) in [5.74, 6) is 1.72. The largest absolute Gasteiger partial charge is 0.353 e. The molecule has 0 bridgehead atoms. The maximum atomic E-state index is 12.4. The van der Waals surface area contributed by atoms with E-state index >= 15 is 0 Å². The van der Waals surface area contributed by atoms with Crippen molar-refractivity contribution in [3.8, 4) is 0 Å². The molecule has 4 heteroatoms. The summed E-state index contributed by atoms with van der Waals surface area (Å²) in [7, 11) is 0. The van der Waals surface area contributed by atoms with Crippen molar-refractivity contribution in [2.24, 2.45) is 17.8 Å². The molecule has 0 unspecified atom stereocenters. The summed E-state index contributed by atoms with van der Waals surface area (Å²) in [5, 5.41) is 6.13. The van der Waals surface area contributed by atoms with Crippen LogP contribution in [0.1, 0.15) is 78.2 Å². The number of hydrogen-bond acceptors (Lipinski definition) is 2. The molecule has 0 spiro atoms. The van der Waals surface area contributed by atoms with Crippen molar-refractivity contribution in [3.05, 3.63) is 29.8 Å². The lowest BCUT2D eigenvalue weighted by molar-refractivity contribution is -0.123. The number of nitrogens with one attached hydrogen (secondary N) is 2. The Morgan fingerprint density at radius 1 is 1.00 bits per heavy atom. The third kappa shape index (κ3) is 6.67. The molecule has 27 heavy (non-hydrogen) atoms. The van der Waals surface area contributed by atoms with Crippen molar-refractivity contribution in [1.82, 2.24) is 5.32 Å². The Morgan fingerprint density at radius 2 is 1.63 bits per heavy atom. The zero-order chi connectivity index (χ0) is 20.0. The smallest absolute Gasteiger partial charge is 0.224 e. The van der Waals surface area contributed by atoms with Gasteiger partial charge in [-0.05, 0) is 47.8 Å². The number of carbonyl (C=O) groups is 2. The fourth-order valence-electron chi connectivity index (χ4n) is 3.92. The van der Waals surface area contributed by atoms with E-state index in [1.165, 1.54) is 18.4 Å². The van der Waals surface area contributed by atoms with Gasteiger partial charge in [-0.2, -0.15) is 0 Å². The minimum atomic E-state index is -0.0350. The molecule has 1 aromatic rings. The van der Waals surface area contributed by atoms with E-state index in [-0.39, 0.29) is 23.8 Å². The summed E-state index contributed by atoms with van der Waals surface area (Å²) < 4.78 is 0. The summed E-state index contributed by atoms with van der Waals surface area (Å²) in [4.78, 5) is 24.6. The average molecular weight is 373 g/mol. The zero-order valence-corrected chi connectivity index (χ0v) is 17.5. The molecule has 2 amide bonds. The van der Waals surface area contributed by atoms with Gasteiger partial charge in [0, 0.05) is 24.6 Å². The summed E-state index contributed by atoms with van der Waals surface area (Å²) in [6.45, 7) is 10.8. The van der Waals surface area contributed by atoms with Crippen LogP contribution in [0.5, 0.6) is 0 Å². The maximum absolute atomic E-state index is 12.4. The van der Waals surface area contributed by atoms with Crippen LogP contribution in [0.3, 0.4) is 0 Å². The number of hydrogen-bond donors (Lipinski definition) is 2. The predicted octanol–water partition coefficient (Wildman–Crippen LogP) is 5.11. The van der Waals surface area contributed by atoms with E-state index in [1.807, 2.05) is 31.2 Å². The predicted molar refractivity (Wildman–Crippen MR) is 112 cm³/mol. The van der Waals surface area contributed by atoms with Crippen LogP contribution in [-0.2, 0) is 9.59 Å². The topological polar surface area (TPSA) is 58.2 Å². The molecule has 4 nitrogen and oxygen atoms in total. The van der Waals surface area contributed by atoms with Crippen molar-refractivity contribution >= 4 is 17.5 Å². The lowest BCUT2D eigenvalue weighted by atomic mass is 9.78.